The summed E-state index contributed by atoms with van der Waals surface area (Å²) in [6.45, 7) is 7.07. The van der Waals surface area contributed by atoms with Crippen molar-refractivity contribution in [3.63, 3.8) is 0 Å². The van der Waals surface area contributed by atoms with Crippen LogP contribution >= 0.6 is 0 Å². The highest BCUT2D eigenvalue weighted by Crippen LogP contribution is 2.11. The minimum Gasteiger partial charge on any atom is -0.493 e. The summed E-state index contributed by atoms with van der Waals surface area (Å²) >= 11 is 0. The Kier molecular flexibility index (Phi) is 2.51. The van der Waals surface area contributed by atoms with Crippen molar-refractivity contribution in [2.75, 3.05) is 0 Å². The lowest BCUT2D eigenvalue weighted by molar-refractivity contribution is 0.442. The highest BCUT2D eigenvalue weighted by molar-refractivity contribution is 5.26. The van der Waals surface area contributed by atoms with Gasteiger partial charge in [0.15, 0.2) is 0 Å². The molecule has 0 aliphatic carbocycles. The van der Waals surface area contributed by atoms with Crippen LogP contribution in [0.3, 0.4) is 0 Å². The maximum Gasteiger partial charge on any atom is 0.258 e. The fraction of sp³-hybridized carbons (Fsp3) is 0.333. The zero-order valence-electron chi connectivity index (χ0n) is 7.72. The van der Waals surface area contributed by atoms with Crippen molar-refractivity contribution < 1.29 is 5.11 Å². The molecule has 0 aliphatic rings. The first-order valence-electron chi connectivity index (χ1n) is 3.94. The Balaban J connectivity index is 3.21. The van der Waals surface area contributed by atoms with Crippen LogP contribution in [0.15, 0.2) is 16.9 Å². The maximum absolute atomic E-state index is 11.3. The average Bonchev–Trinajstić information content (AvgIpc) is 1.96. The van der Waals surface area contributed by atoms with E-state index in [-0.39, 0.29) is 17.0 Å². The first-order valence-corrected chi connectivity index (χ1v) is 3.94. The summed E-state index contributed by atoms with van der Waals surface area (Å²) in [6, 6.07) is 0. The van der Waals surface area contributed by atoms with E-state index in [1.807, 2.05) is 0 Å². The van der Waals surface area contributed by atoms with Gasteiger partial charge < -0.3 is 10.1 Å². The molecule has 1 rings (SSSR count). The molecule has 0 aliphatic heterocycles. The number of aryl methyl sites for hydroxylation is 1. The number of H-pyrrole nitrogens is 1. The number of aromatic amines is 1. The fourth-order valence-electron chi connectivity index (χ4n) is 1.06. The Morgan fingerprint density at radius 3 is 2.77 bits per heavy atom. The molecule has 2 N–H and O–H groups in total. The normalized spacial score (nSPS) is 10.0. The minimum atomic E-state index is -0.298. The van der Waals surface area contributed by atoms with E-state index >= 15 is 0 Å². The van der Waals surface area contributed by atoms with Crippen molar-refractivity contribution in [1.29, 1.82) is 0 Å². The maximum atomic E-state index is 11.3. The zero-order valence-corrected chi connectivity index (χ0v) is 7.72. The molecule has 0 aromatic carbocycles. The number of allylic oxidation sites excluding steroid dienone is 1. The monoisotopic (exact) mass is 180 g/mol. The van der Waals surface area contributed by atoms with Gasteiger partial charge in [0.25, 0.3) is 5.56 Å². The lowest BCUT2D eigenvalue weighted by atomic mass is 10.1. The smallest absolute Gasteiger partial charge is 0.258 e. The van der Waals surface area contributed by atoms with Crippen molar-refractivity contribution in [2.24, 2.45) is 0 Å². The van der Waals surface area contributed by atoms with Crippen LogP contribution < -0.4 is 5.56 Å². The van der Waals surface area contributed by atoms with E-state index in [0.717, 1.165) is 5.57 Å². The molecule has 1 aromatic rings. The van der Waals surface area contributed by atoms with E-state index in [4.69, 9.17) is 0 Å². The average molecular weight is 180 g/mol. The Bertz CT molecular complexity index is 393. The first-order chi connectivity index (χ1) is 6.00. The van der Waals surface area contributed by atoms with Gasteiger partial charge >= 0.3 is 0 Å². The van der Waals surface area contributed by atoms with Crippen LogP contribution in [0.1, 0.15) is 18.3 Å². The third kappa shape index (κ3) is 2.18. The fourth-order valence-corrected chi connectivity index (χ4v) is 1.06. The van der Waals surface area contributed by atoms with E-state index in [9.17, 15) is 9.90 Å². The van der Waals surface area contributed by atoms with Gasteiger partial charge in [0.2, 0.25) is 5.88 Å². The van der Waals surface area contributed by atoms with E-state index in [1.165, 1.54) is 0 Å². The number of rotatable bonds is 2. The zero-order chi connectivity index (χ0) is 10.0. The summed E-state index contributed by atoms with van der Waals surface area (Å²) in [6.07, 6.45) is 0.356. The Labute approximate surface area is 76.0 Å². The molecule has 4 heteroatoms. The summed E-state index contributed by atoms with van der Waals surface area (Å²) in [5.74, 6) is 0.206. The van der Waals surface area contributed by atoms with Gasteiger partial charge in [-0.15, -0.1) is 0 Å². The summed E-state index contributed by atoms with van der Waals surface area (Å²) < 4.78 is 0. The molecule has 13 heavy (non-hydrogen) atoms. The third-order valence-electron chi connectivity index (χ3n) is 1.59. The van der Waals surface area contributed by atoms with Gasteiger partial charge in [-0.1, -0.05) is 12.2 Å². The minimum absolute atomic E-state index is 0.204. The molecule has 0 fully saturated rings. The second-order valence-electron chi connectivity index (χ2n) is 3.09. The van der Waals surface area contributed by atoms with Gasteiger partial charge in [0.1, 0.15) is 5.82 Å². The van der Waals surface area contributed by atoms with Crippen molar-refractivity contribution >= 4 is 0 Å². The molecular formula is C9H12N2O2. The van der Waals surface area contributed by atoms with Gasteiger partial charge in [0, 0.05) is 6.42 Å². The summed E-state index contributed by atoms with van der Waals surface area (Å²) in [7, 11) is 0. The van der Waals surface area contributed by atoms with E-state index in [2.05, 4.69) is 16.5 Å². The summed E-state index contributed by atoms with van der Waals surface area (Å²) in [5.41, 5.74) is 0.789. The van der Waals surface area contributed by atoms with Crippen LogP contribution in [0.4, 0.5) is 0 Å². The number of aromatic hydroxyl groups is 1. The lowest BCUT2D eigenvalue weighted by Gasteiger charge is -2.02. The molecule has 0 atom stereocenters. The predicted molar refractivity (Wildman–Crippen MR) is 49.8 cm³/mol. The SMILES string of the molecule is C=C(C)Cc1c(O)nc(C)[nH]c1=O. The third-order valence-corrected chi connectivity index (χ3v) is 1.59. The molecule has 1 heterocycles. The second-order valence-corrected chi connectivity index (χ2v) is 3.09. The summed E-state index contributed by atoms with van der Waals surface area (Å²) in [5, 5.41) is 9.35. The van der Waals surface area contributed by atoms with Crippen molar-refractivity contribution in [3.8, 4) is 5.88 Å². The topological polar surface area (TPSA) is 66.0 Å². The van der Waals surface area contributed by atoms with Crippen molar-refractivity contribution in [1.82, 2.24) is 9.97 Å². The Morgan fingerprint density at radius 2 is 2.31 bits per heavy atom. The van der Waals surface area contributed by atoms with Crippen LogP contribution in [0.25, 0.3) is 0 Å². The number of hydrogen-bond donors (Lipinski definition) is 2. The standard InChI is InChI=1S/C9H12N2O2/c1-5(2)4-7-8(12)10-6(3)11-9(7)13/h1,4H2,2-3H3,(H2,10,11,12,13). The Hall–Kier alpha value is -1.58. The van der Waals surface area contributed by atoms with Gasteiger partial charge in [0.05, 0.1) is 5.56 Å². The van der Waals surface area contributed by atoms with Crippen LogP contribution in [-0.4, -0.2) is 15.1 Å². The molecule has 70 valence electrons. The van der Waals surface area contributed by atoms with E-state index in [1.54, 1.807) is 13.8 Å². The summed E-state index contributed by atoms with van der Waals surface area (Å²) in [4.78, 5) is 17.6. The molecule has 1 aromatic heterocycles. The van der Waals surface area contributed by atoms with Crippen molar-refractivity contribution in [2.45, 2.75) is 20.3 Å². The van der Waals surface area contributed by atoms with Crippen molar-refractivity contribution in [3.05, 3.63) is 33.9 Å². The number of nitrogens with one attached hydrogen (secondary N) is 1. The molecule has 0 radical (unpaired) electrons. The predicted octanol–water partition coefficient (Wildman–Crippen LogP) is 0.903. The lowest BCUT2D eigenvalue weighted by Crippen LogP contribution is -2.15. The molecule has 0 unspecified atom stereocenters. The molecule has 0 saturated heterocycles. The van der Waals surface area contributed by atoms with E-state index < -0.39 is 0 Å². The molecule has 0 spiro atoms. The quantitative estimate of drug-likeness (QED) is 0.664. The van der Waals surface area contributed by atoms with Crippen LogP contribution in [0.2, 0.25) is 0 Å². The molecule has 0 saturated carbocycles. The van der Waals surface area contributed by atoms with Gasteiger partial charge in [-0.25, -0.2) is 4.98 Å². The molecular weight excluding hydrogens is 168 g/mol. The highest BCUT2D eigenvalue weighted by Gasteiger charge is 2.08. The molecule has 0 amide bonds. The van der Waals surface area contributed by atoms with Gasteiger partial charge in [-0.3, -0.25) is 4.79 Å². The number of nitrogens with zero attached hydrogens (tertiary/aromatic N) is 1. The van der Waals surface area contributed by atoms with Gasteiger partial charge in [-0.05, 0) is 13.8 Å². The number of hydrogen-bond acceptors (Lipinski definition) is 3. The van der Waals surface area contributed by atoms with Crippen LogP contribution in [0.5, 0.6) is 5.88 Å². The van der Waals surface area contributed by atoms with Crippen LogP contribution in [0, 0.1) is 6.92 Å². The van der Waals surface area contributed by atoms with E-state index in [0.29, 0.717) is 12.2 Å². The second kappa shape index (κ2) is 3.43. The number of aromatic nitrogens is 2. The molecule has 4 nitrogen and oxygen atoms in total. The Morgan fingerprint density at radius 1 is 1.69 bits per heavy atom. The molecule has 0 bridgehead atoms. The highest BCUT2D eigenvalue weighted by atomic mass is 16.3. The largest absolute Gasteiger partial charge is 0.493 e. The van der Waals surface area contributed by atoms with Crippen LogP contribution in [-0.2, 0) is 6.42 Å². The van der Waals surface area contributed by atoms with Gasteiger partial charge in [-0.2, -0.15) is 0 Å². The first kappa shape index (κ1) is 9.51.